The second-order valence-electron chi connectivity index (χ2n) is 11.1. The number of alkyl halides is 3. The predicted molar refractivity (Wildman–Crippen MR) is 124 cm³/mol. The van der Waals surface area contributed by atoms with Gasteiger partial charge in [-0.2, -0.15) is 13.2 Å². The smallest absolute Gasteiger partial charge is 0.419 e. The summed E-state index contributed by atoms with van der Waals surface area (Å²) in [7, 11) is 0. The maximum atomic E-state index is 13.8. The highest BCUT2D eigenvalue weighted by molar-refractivity contribution is 5.75. The molecule has 0 aromatic heterocycles. The summed E-state index contributed by atoms with van der Waals surface area (Å²) in [5, 5.41) is 0. The lowest BCUT2D eigenvalue weighted by Crippen LogP contribution is -2.31. The number of esters is 1. The van der Waals surface area contributed by atoms with E-state index in [1.807, 2.05) is 0 Å². The van der Waals surface area contributed by atoms with Crippen LogP contribution in [0.5, 0.6) is 5.75 Å². The SMILES string of the molecule is CCCC1CCC(C2CCC(C3CCC(C(=O)Oc4ccc(C(F)(F)F)c(F)c4)CC3)CC2)C1. The third-order valence-electron chi connectivity index (χ3n) is 9.00. The molecule has 0 heterocycles. The molecule has 2 unspecified atom stereocenters. The van der Waals surface area contributed by atoms with Crippen molar-refractivity contribution in [2.24, 2.45) is 35.5 Å². The van der Waals surface area contributed by atoms with E-state index in [1.54, 1.807) is 0 Å². The molecule has 0 aliphatic heterocycles. The van der Waals surface area contributed by atoms with Gasteiger partial charge in [-0.25, -0.2) is 4.39 Å². The normalized spacial score (nSPS) is 32.5. The van der Waals surface area contributed by atoms with E-state index in [0.717, 1.165) is 55.4 Å². The summed E-state index contributed by atoms with van der Waals surface area (Å²) in [5.41, 5.74) is -1.35. The fraction of sp³-hybridized carbons (Fsp3) is 0.750. The average Bonchev–Trinajstić information content (AvgIpc) is 3.27. The Labute approximate surface area is 200 Å². The molecular weight excluding hydrogens is 444 g/mol. The van der Waals surface area contributed by atoms with Crippen LogP contribution in [0.1, 0.15) is 96.0 Å². The van der Waals surface area contributed by atoms with Crippen LogP contribution in [0.2, 0.25) is 0 Å². The summed E-state index contributed by atoms with van der Waals surface area (Å²) >= 11 is 0. The molecule has 2 nitrogen and oxygen atoms in total. The van der Waals surface area contributed by atoms with Gasteiger partial charge in [0.25, 0.3) is 0 Å². The standard InChI is InChI=1S/C28H38F4O2/c1-2-3-18-4-5-23(16-18)21-8-6-19(7-9-21)20-10-12-22(13-11-20)27(33)34-24-14-15-25(26(29)17-24)28(30,31)32/h14-15,17-23H,2-13,16H2,1H3. The molecule has 1 aromatic rings. The highest BCUT2D eigenvalue weighted by Gasteiger charge is 2.37. The van der Waals surface area contributed by atoms with Crippen LogP contribution in [0, 0.1) is 41.3 Å². The molecule has 0 radical (unpaired) electrons. The van der Waals surface area contributed by atoms with E-state index in [0.29, 0.717) is 18.1 Å². The number of hydrogen-bond donors (Lipinski definition) is 0. The quantitative estimate of drug-likeness (QED) is 0.231. The van der Waals surface area contributed by atoms with E-state index in [4.69, 9.17) is 4.74 Å². The summed E-state index contributed by atoms with van der Waals surface area (Å²) in [4.78, 5) is 12.5. The van der Waals surface area contributed by atoms with Gasteiger partial charge in [0.1, 0.15) is 11.6 Å². The summed E-state index contributed by atoms with van der Waals surface area (Å²) in [6.45, 7) is 2.29. The van der Waals surface area contributed by atoms with Crippen LogP contribution >= 0.6 is 0 Å². The summed E-state index contributed by atoms with van der Waals surface area (Å²) in [5.74, 6) is 1.93. The zero-order chi connectivity index (χ0) is 24.3. The van der Waals surface area contributed by atoms with Crippen molar-refractivity contribution in [3.8, 4) is 5.75 Å². The van der Waals surface area contributed by atoms with Crippen LogP contribution < -0.4 is 4.74 Å². The van der Waals surface area contributed by atoms with Crippen molar-refractivity contribution in [1.82, 2.24) is 0 Å². The van der Waals surface area contributed by atoms with Crippen molar-refractivity contribution in [1.29, 1.82) is 0 Å². The highest BCUT2D eigenvalue weighted by atomic mass is 19.4. The Morgan fingerprint density at radius 2 is 1.44 bits per heavy atom. The minimum absolute atomic E-state index is 0.163. The summed E-state index contributed by atoms with van der Waals surface area (Å²) in [6.07, 6.45) is 11.1. The fourth-order valence-electron chi connectivity index (χ4n) is 7.12. The number of carbonyl (C=O) groups is 1. The lowest BCUT2D eigenvalue weighted by atomic mass is 9.67. The third kappa shape index (κ3) is 6.15. The molecule has 0 N–H and O–H groups in total. The molecule has 190 valence electrons. The molecule has 3 aliphatic rings. The second-order valence-corrected chi connectivity index (χ2v) is 11.1. The molecule has 3 saturated carbocycles. The molecule has 34 heavy (non-hydrogen) atoms. The van der Waals surface area contributed by atoms with Gasteiger partial charge in [-0.3, -0.25) is 4.79 Å². The van der Waals surface area contributed by atoms with Gasteiger partial charge in [-0.1, -0.05) is 26.2 Å². The van der Waals surface area contributed by atoms with E-state index in [9.17, 15) is 22.4 Å². The van der Waals surface area contributed by atoms with Crippen molar-refractivity contribution in [3.63, 3.8) is 0 Å². The van der Waals surface area contributed by atoms with Gasteiger partial charge in [0.05, 0.1) is 11.5 Å². The maximum absolute atomic E-state index is 13.8. The zero-order valence-corrected chi connectivity index (χ0v) is 20.2. The van der Waals surface area contributed by atoms with Gasteiger partial charge >= 0.3 is 12.1 Å². The molecular formula is C28H38F4O2. The number of carbonyl (C=O) groups excluding carboxylic acids is 1. The molecule has 4 rings (SSSR count). The number of halogens is 4. The van der Waals surface area contributed by atoms with E-state index in [-0.39, 0.29) is 11.7 Å². The van der Waals surface area contributed by atoms with Gasteiger partial charge in [0.2, 0.25) is 0 Å². The van der Waals surface area contributed by atoms with Gasteiger partial charge in [0.15, 0.2) is 0 Å². The average molecular weight is 483 g/mol. The fourth-order valence-corrected chi connectivity index (χ4v) is 7.12. The zero-order valence-electron chi connectivity index (χ0n) is 20.2. The predicted octanol–water partition coefficient (Wildman–Crippen LogP) is 8.58. The first-order chi connectivity index (χ1) is 16.2. The van der Waals surface area contributed by atoms with E-state index >= 15 is 0 Å². The van der Waals surface area contributed by atoms with Gasteiger partial charge in [-0.15, -0.1) is 0 Å². The van der Waals surface area contributed by atoms with Crippen LogP contribution in [0.4, 0.5) is 17.6 Å². The number of benzene rings is 1. The molecule has 6 heteroatoms. The molecule has 3 fully saturated rings. The Hall–Kier alpha value is -1.59. The maximum Gasteiger partial charge on any atom is 0.419 e. The molecule has 3 aliphatic carbocycles. The number of rotatable bonds is 6. The van der Waals surface area contributed by atoms with Crippen LogP contribution in [0.15, 0.2) is 18.2 Å². The lowest BCUT2D eigenvalue weighted by molar-refractivity contribution is -0.140. The first kappa shape index (κ1) is 25.5. The Morgan fingerprint density at radius 1 is 0.882 bits per heavy atom. The van der Waals surface area contributed by atoms with Crippen molar-refractivity contribution in [2.75, 3.05) is 0 Å². The highest BCUT2D eigenvalue weighted by Crippen LogP contribution is 2.47. The summed E-state index contributed by atoms with van der Waals surface area (Å²) < 4.78 is 57.2. The second kappa shape index (κ2) is 11.0. The van der Waals surface area contributed by atoms with E-state index < -0.39 is 23.5 Å². The Kier molecular flexibility index (Phi) is 8.24. The topological polar surface area (TPSA) is 26.3 Å². The molecule has 0 bridgehead atoms. The van der Waals surface area contributed by atoms with Crippen molar-refractivity contribution in [2.45, 2.75) is 96.6 Å². The van der Waals surface area contributed by atoms with Gasteiger partial charge in [0, 0.05) is 6.07 Å². The monoisotopic (exact) mass is 482 g/mol. The first-order valence-electron chi connectivity index (χ1n) is 13.3. The van der Waals surface area contributed by atoms with Crippen molar-refractivity contribution < 1.29 is 27.1 Å². The van der Waals surface area contributed by atoms with Crippen LogP contribution in [-0.2, 0) is 11.0 Å². The minimum Gasteiger partial charge on any atom is -0.426 e. The third-order valence-corrected chi connectivity index (χ3v) is 9.00. The Morgan fingerprint density at radius 3 is 2.00 bits per heavy atom. The minimum atomic E-state index is -4.77. The van der Waals surface area contributed by atoms with Crippen LogP contribution in [0.3, 0.4) is 0 Å². The van der Waals surface area contributed by atoms with E-state index in [1.165, 1.54) is 57.8 Å². The Balaban J connectivity index is 1.20. The van der Waals surface area contributed by atoms with E-state index in [2.05, 4.69) is 6.92 Å². The summed E-state index contributed by atoms with van der Waals surface area (Å²) in [6, 6.07) is 2.29. The van der Waals surface area contributed by atoms with Gasteiger partial charge < -0.3 is 4.74 Å². The molecule has 2 atom stereocenters. The lowest BCUT2D eigenvalue weighted by Gasteiger charge is -2.39. The van der Waals surface area contributed by atoms with Gasteiger partial charge in [-0.05, 0) is 106 Å². The number of hydrogen-bond acceptors (Lipinski definition) is 2. The first-order valence-corrected chi connectivity index (χ1v) is 13.3. The van der Waals surface area contributed by atoms with Crippen molar-refractivity contribution in [3.05, 3.63) is 29.6 Å². The molecule has 0 spiro atoms. The molecule has 0 saturated heterocycles. The Bertz CT molecular complexity index is 820. The number of ether oxygens (including phenoxy) is 1. The molecule has 1 aromatic carbocycles. The van der Waals surface area contributed by atoms with Crippen molar-refractivity contribution >= 4 is 5.97 Å². The largest absolute Gasteiger partial charge is 0.426 e. The molecule has 0 amide bonds. The van der Waals surface area contributed by atoms with Crippen LogP contribution in [0.25, 0.3) is 0 Å². The van der Waals surface area contributed by atoms with Crippen LogP contribution in [-0.4, -0.2) is 5.97 Å².